The highest BCUT2D eigenvalue weighted by atomic mass is 16.5. The second kappa shape index (κ2) is 5.61. The maximum absolute atomic E-state index is 12.0. The molecular formula is C13H20N2O4. The Morgan fingerprint density at radius 3 is 2.63 bits per heavy atom. The van der Waals surface area contributed by atoms with Crippen LogP contribution in [0.25, 0.3) is 0 Å². The van der Waals surface area contributed by atoms with Crippen LogP contribution in [0, 0.1) is 0 Å². The number of hydrogen-bond acceptors (Lipinski definition) is 5. The fourth-order valence-corrected chi connectivity index (χ4v) is 2.56. The summed E-state index contributed by atoms with van der Waals surface area (Å²) < 4.78 is 4.85. The van der Waals surface area contributed by atoms with Gasteiger partial charge in [-0.1, -0.05) is 0 Å². The van der Waals surface area contributed by atoms with Crippen molar-refractivity contribution in [3.8, 4) is 0 Å². The average Bonchev–Trinajstić information content (AvgIpc) is 2.68. The van der Waals surface area contributed by atoms with E-state index in [2.05, 4.69) is 4.90 Å². The molecule has 106 valence electrons. The molecule has 1 fully saturated rings. The lowest BCUT2D eigenvalue weighted by Gasteiger charge is -2.34. The van der Waals surface area contributed by atoms with E-state index < -0.39 is 17.6 Å². The molecular weight excluding hydrogens is 248 g/mol. The van der Waals surface area contributed by atoms with Gasteiger partial charge in [-0.15, -0.1) is 0 Å². The summed E-state index contributed by atoms with van der Waals surface area (Å²) in [6.07, 6.45) is 1.73. The summed E-state index contributed by atoms with van der Waals surface area (Å²) in [5.41, 5.74) is 0.0887. The molecule has 2 heterocycles. The van der Waals surface area contributed by atoms with Crippen molar-refractivity contribution in [1.29, 1.82) is 0 Å². The predicted molar refractivity (Wildman–Crippen MR) is 68.5 cm³/mol. The lowest BCUT2D eigenvalue weighted by Crippen LogP contribution is -2.45. The number of rotatable bonds is 3. The maximum Gasteiger partial charge on any atom is 0.339 e. The number of aliphatic hydroxyl groups is 1. The zero-order valence-electron chi connectivity index (χ0n) is 11.4. The third-order valence-electron chi connectivity index (χ3n) is 3.73. The van der Waals surface area contributed by atoms with Crippen molar-refractivity contribution >= 4 is 11.9 Å². The molecule has 1 N–H and O–H groups in total. The van der Waals surface area contributed by atoms with Crippen LogP contribution in [0.3, 0.4) is 0 Å². The van der Waals surface area contributed by atoms with Gasteiger partial charge in [-0.3, -0.25) is 4.79 Å². The van der Waals surface area contributed by atoms with E-state index in [1.165, 1.54) is 0 Å². The van der Waals surface area contributed by atoms with Crippen molar-refractivity contribution in [2.24, 2.45) is 0 Å². The van der Waals surface area contributed by atoms with Gasteiger partial charge in [0, 0.05) is 6.04 Å². The molecule has 0 unspecified atom stereocenters. The zero-order valence-corrected chi connectivity index (χ0v) is 11.4. The van der Waals surface area contributed by atoms with Gasteiger partial charge in [0.15, 0.2) is 5.76 Å². The fourth-order valence-electron chi connectivity index (χ4n) is 2.56. The molecule has 0 aromatic carbocycles. The summed E-state index contributed by atoms with van der Waals surface area (Å²) in [5, 5.41) is 9.78. The lowest BCUT2D eigenvalue weighted by atomic mass is 10.0. The second-order valence-corrected chi connectivity index (χ2v) is 5.02. The number of amides is 1. The Balaban J connectivity index is 2.04. The van der Waals surface area contributed by atoms with E-state index in [4.69, 9.17) is 4.74 Å². The van der Waals surface area contributed by atoms with Gasteiger partial charge in [-0.2, -0.15) is 0 Å². The SMILES string of the molecule is CCOC(=O)C1=C(O)C(=O)N(C2CCN(C)CC2)C1. The van der Waals surface area contributed by atoms with Crippen LogP contribution >= 0.6 is 0 Å². The van der Waals surface area contributed by atoms with Crippen LogP contribution in [-0.4, -0.2) is 66.1 Å². The summed E-state index contributed by atoms with van der Waals surface area (Å²) >= 11 is 0. The average molecular weight is 268 g/mol. The molecule has 0 atom stereocenters. The number of hydrogen-bond donors (Lipinski definition) is 1. The van der Waals surface area contributed by atoms with Gasteiger partial charge < -0.3 is 19.6 Å². The molecule has 6 heteroatoms. The molecule has 0 aliphatic carbocycles. The molecule has 19 heavy (non-hydrogen) atoms. The van der Waals surface area contributed by atoms with Gasteiger partial charge in [0.25, 0.3) is 5.91 Å². The van der Waals surface area contributed by atoms with Gasteiger partial charge in [0.2, 0.25) is 0 Å². The van der Waals surface area contributed by atoms with Crippen LogP contribution in [-0.2, 0) is 14.3 Å². The molecule has 2 aliphatic heterocycles. The van der Waals surface area contributed by atoms with Gasteiger partial charge in [-0.05, 0) is 39.9 Å². The fraction of sp³-hybridized carbons (Fsp3) is 0.692. The first kappa shape index (κ1) is 13.9. The van der Waals surface area contributed by atoms with Crippen LogP contribution in [0.1, 0.15) is 19.8 Å². The minimum atomic E-state index is -0.594. The zero-order chi connectivity index (χ0) is 14.0. The number of carbonyl (C=O) groups excluding carboxylic acids is 2. The summed E-state index contributed by atoms with van der Waals surface area (Å²) in [5.74, 6) is -1.49. The Morgan fingerprint density at radius 2 is 2.05 bits per heavy atom. The number of piperidine rings is 1. The molecule has 1 amide bonds. The molecule has 6 nitrogen and oxygen atoms in total. The maximum atomic E-state index is 12.0. The Bertz CT molecular complexity index is 411. The molecule has 0 aromatic heterocycles. The van der Waals surface area contributed by atoms with Crippen LogP contribution in [0.2, 0.25) is 0 Å². The summed E-state index contributed by atoms with van der Waals surface area (Å²) in [7, 11) is 2.04. The van der Waals surface area contributed by atoms with E-state index >= 15 is 0 Å². The van der Waals surface area contributed by atoms with Crippen LogP contribution in [0.5, 0.6) is 0 Å². The molecule has 0 aromatic rings. The number of ether oxygens (including phenoxy) is 1. The monoisotopic (exact) mass is 268 g/mol. The van der Waals surface area contributed by atoms with Gasteiger partial charge in [-0.25, -0.2) is 4.79 Å². The van der Waals surface area contributed by atoms with Crippen LogP contribution < -0.4 is 0 Å². The number of nitrogens with zero attached hydrogens (tertiary/aromatic N) is 2. The number of carbonyl (C=O) groups is 2. The molecule has 0 saturated carbocycles. The third-order valence-corrected chi connectivity index (χ3v) is 3.73. The van der Waals surface area contributed by atoms with Crippen LogP contribution in [0.15, 0.2) is 11.3 Å². The van der Waals surface area contributed by atoms with E-state index in [0.717, 1.165) is 25.9 Å². The quantitative estimate of drug-likeness (QED) is 0.745. The van der Waals surface area contributed by atoms with Crippen molar-refractivity contribution in [1.82, 2.24) is 9.80 Å². The highest BCUT2D eigenvalue weighted by Crippen LogP contribution is 2.25. The normalized spacial score (nSPS) is 22.2. The van der Waals surface area contributed by atoms with Crippen molar-refractivity contribution in [2.45, 2.75) is 25.8 Å². The molecule has 0 bridgehead atoms. The molecule has 2 rings (SSSR count). The Labute approximate surface area is 112 Å². The van der Waals surface area contributed by atoms with E-state index in [9.17, 15) is 14.7 Å². The first-order valence-corrected chi connectivity index (χ1v) is 6.63. The van der Waals surface area contributed by atoms with E-state index in [1.807, 2.05) is 7.05 Å². The van der Waals surface area contributed by atoms with Crippen molar-refractivity contribution < 1.29 is 19.4 Å². The largest absolute Gasteiger partial charge is 0.503 e. The second-order valence-electron chi connectivity index (χ2n) is 5.02. The van der Waals surface area contributed by atoms with Crippen molar-refractivity contribution in [3.63, 3.8) is 0 Å². The first-order valence-electron chi connectivity index (χ1n) is 6.63. The smallest absolute Gasteiger partial charge is 0.339 e. The molecule has 1 saturated heterocycles. The minimum absolute atomic E-state index is 0.0887. The predicted octanol–water partition coefficient (Wildman–Crippen LogP) is 0.298. The van der Waals surface area contributed by atoms with Crippen molar-refractivity contribution in [3.05, 3.63) is 11.3 Å². The summed E-state index contributed by atoms with van der Waals surface area (Å²) in [4.78, 5) is 27.5. The lowest BCUT2D eigenvalue weighted by molar-refractivity contribution is -0.138. The first-order chi connectivity index (χ1) is 9.04. The Hall–Kier alpha value is -1.56. The highest BCUT2D eigenvalue weighted by molar-refractivity contribution is 6.05. The van der Waals surface area contributed by atoms with E-state index in [0.29, 0.717) is 0 Å². The molecule has 0 spiro atoms. The summed E-state index contributed by atoms with van der Waals surface area (Å²) in [6, 6.07) is 0.0952. The molecule has 2 aliphatic rings. The van der Waals surface area contributed by atoms with Gasteiger partial charge in [0.1, 0.15) is 5.57 Å². The van der Waals surface area contributed by atoms with E-state index in [1.54, 1.807) is 11.8 Å². The number of likely N-dealkylation sites (tertiary alicyclic amines) is 1. The standard InChI is InChI=1S/C13H20N2O4/c1-3-19-13(18)10-8-15(12(17)11(10)16)9-4-6-14(2)7-5-9/h9,16H,3-8H2,1-2H3. The van der Waals surface area contributed by atoms with Gasteiger partial charge in [0.05, 0.1) is 13.2 Å². The highest BCUT2D eigenvalue weighted by Gasteiger charge is 2.39. The van der Waals surface area contributed by atoms with E-state index in [-0.39, 0.29) is 24.8 Å². The van der Waals surface area contributed by atoms with Crippen molar-refractivity contribution in [2.75, 3.05) is 33.3 Å². The summed E-state index contributed by atoms with van der Waals surface area (Å²) in [6.45, 7) is 3.94. The topological polar surface area (TPSA) is 70.1 Å². The minimum Gasteiger partial charge on any atom is -0.503 e. The van der Waals surface area contributed by atoms with Crippen LogP contribution in [0.4, 0.5) is 0 Å². The Morgan fingerprint density at radius 1 is 1.42 bits per heavy atom. The Kier molecular flexibility index (Phi) is 4.09. The number of aliphatic hydroxyl groups excluding tert-OH is 1. The number of esters is 1. The molecule has 0 radical (unpaired) electrons. The van der Waals surface area contributed by atoms with Gasteiger partial charge >= 0.3 is 5.97 Å². The third kappa shape index (κ3) is 2.73.